The molecule has 0 amide bonds. The molecule has 3 aliphatic rings. The van der Waals surface area contributed by atoms with Gasteiger partial charge in [0.1, 0.15) is 17.3 Å². The molecule has 2 aromatic carbocycles. The van der Waals surface area contributed by atoms with Gasteiger partial charge in [0.15, 0.2) is 17.9 Å². The van der Waals surface area contributed by atoms with Gasteiger partial charge in [-0.3, -0.25) is 4.79 Å². The average molecular weight is 881 g/mol. The van der Waals surface area contributed by atoms with Crippen LogP contribution in [0.25, 0.3) is 0 Å². The Balaban J connectivity index is 1.30. The van der Waals surface area contributed by atoms with Gasteiger partial charge in [-0.25, -0.2) is 0 Å². The normalized spacial score (nSPS) is 29.2. The molecule has 0 aromatic heterocycles. The highest BCUT2D eigenvalue weighted by molar-refractivity contribution is 5.79. The van der Waals surface area contributed by atoms with E-state index in [1.165, 1.54) is 0 Å². The molecule has 0 spiro atoms. The summed E-state index contributed by atoms with van der Waals surface area (Å²) in [5.74, 6) is -0.111. The topological polar surface area (TPSA) is 141 Å². The summed E-state index contributed by atoms with van der Waals surface area (Å²) in [6.45, 7) is 20.0. The van der Waals surface area contributed by atoms with Crippen LogP contribution in [0.2, 0.25) is 0 Å². The van der Waals surface area contributed by atoms with E-state index in [0.717, 1.165) is 29.0 Å². The van der Waals surface area contributed by atoms with Crippen molar-refractivity contribution in [2.75, 3.05) is 14.2 Å². The van der Waals surface area contributed by atoms with Gasteiger partial charge in [0, 0.05) is 62.3 Å². The molecular formula is C51H76O12. The van der Waals surface area contributed by atoms with Crippen molar-refractivity contribution in [2.24, 2.45) is 17.8 Å². The van der Waals surface area contributed by atoms with E-state index < -0.39 is 42.3 Å². The third-order valence-electron chi connectivity index (χ3n) is 12.3. The summed E-state index contributed by atoms with van der Waals surface area (Å²) in [6, 6.07) is 15.4. The lowest BCUT2D eigenvalue weighted by molar-refractivity contribution is -0.328. The van der Waals surface area contributed by atoms with Gasteiger partial charge in [-0.15, -0.1) is 6.58 Å². The molecule has 0 saturated carbocycles. The van der Waals surface area contributed by atoms with Crippen LogP contribution in [0, 0.1) is 17.8 Å². The SMILES string of the molecule is C=CC[C@@H]1OC(C)(C)O[C@H](C[C@H]2C[C@@H](C[C@H](C[C@H](O)CC(=O)C[C@@H]3C[C@H](/C=C/[C@H](C)[C@@H](O)C(C)C)OC(C)(C)O3)OCc3ccc(OC)cc3)O[C@@H](c3ccc(OC)cc3)O2)[C@H]1C. The van der Waals surface area contributed by atoms with Gasteiger partial charge in [0.05, 0.1) is 75.8 Å². The Kier molecular flexibility index (Phi) is 18.8. The molecule has 2 N–H and O–H groups in total. The predicted molar refractivity (Wildman–Crippen MR) is 241 cm³/mol. The van der Waals surface area contributed by atoms with E-state index in [0.29, 0.717) is 32.3 Å². The lowest BCUT2D eigenvalue weighted by Gasteiger charge is -2.46. The summed E-state index contributed by atoms with van der Waals surface area (Å²) in [4.78, 5) is 13.6. The Labute approximate surface area is 376 Å². The van der Waals surface area contributed by atoms with Gasteiger partial charge in [-0.05, 0) is 69.9 Å². The minimum absolute atomic E-state index is 0.0367. The Morgan fingerprint density at radius 1 is 0.841 bits per heavy atom. The van der Waals surface area contributed by atoms with Crippen molar-refractivity contribution in [1.82, 2.24) is 0 Å². The summed E-state index contributed by atoms with van der Waals surface area (Å²) in [6.07, 6.45) is 5.11. The Hall–Kier alpha value is -3.17. The fraction of sp³-hybridized carbons (Fsp3) is 0.667. The van der Waals surface area contributed by atoms with Crippen molar-refractivity contribution < 1.29 is 57.6 Å². The second-order valence-corrected chi connectivity index (χ2v) is 19.1. The quantitative estimate of drug-likeness (QED) is 0.109. The zero-order chi connectivity index (χ0) is 45.9. The number of aliphatic hydroxyl groups excluding tert-OH is 2. The molecule has 12 nitrogen and oxygen atoms in total. The number of ether oxygens (including phenoxy) is 9. The monoisotopic (exact) mass is 881 g/mol. The van der Waals surface area contributed by atoms with Crippen LogP contribution >= 0.6 is 0 Å². The van der Waals surface area contributed by atoms with E-state index in [4.69, 9.17) is 42.6 Å². The van der Waals surface area contributed by atoms with E-state index in [9.17, 15) is 15.0 Å². The molecule has 3 aliphatic heterocycles. The van der Waals surface area contributed by atoms with Gasteiger partial charge < -0.3 is 52.8 Å². The molecular weight excluding hydrogens is 805 g/mol. The summed E-state index contributed by atoms with van der Waals surface area (Å²) < 4.78 is 56.0. The zero-order valence-corrected chi connectivity index (χ0v) is 39.4. The minimum atomic E-state index is -0.964. The number of hydrogen-bond donors (Lipinski definition) is 2. The molecule has 12 heteroatoms. The summed E-state index contributed by atoms with van der Waals surface area (Å²) in [7, 11) is 3.27. The maximum absolute atomic E-state index is 13.6. The van der Waals surface area contributed by atoms with Crippen molar-refractivity contribution in [2.45, 2.75) is 186 Å². The van der Waals surface area contributed by atoms with Gasteiger partial charge >= 0.3 is 0 Å². The molecule has 3 saturated heterocycles. The summed E-state index contributed by atoms with van der Waals surface area (Å²) in [5.41, 5.74) is 1.81. The summed E-state index contributed by atoms with van der Waals surface area (Å²) in [5, 5.41) is 22.1. The van der Waals surface area contributed by atoms with E-state index in [-0.39, 0.29) is 73.3 Å². The molecule has 0 unspecified atom stereocenters. The fourth-order valence-corrected chi connectivity index (χ4v) is 9.03. The van der Waals surface area contributed by atoms with E-state index in [1.807, 2.05) is 115 Å². The van der Waals surface area contributed by atoms with Crippen LogP contribution in [0.5, 0.6) is 11.5 Å². The van der Waals surface area contributed by atoms with E-state index >= 15 is 0 Å². The molecule has 0 bridgehead atoms. The molecule has 5 rings (SSSR count). The number of hydrogen-bond acceptors (Lipinski definition) is 12. The van der Waals surface area contributed by atoms with Gasteiger partial charge in [0.2, 0.25) is 0 Å². The number of carbonyl (C=O) groups is 1. The lowest BCUT2D eigenvalue weighted by Crippen LogP contribution is -2.51. The number of aliphatic hydroxyl groups is 2. The number of benzene rings is 2. The smallest absolute Gasteiger partial charge is 0.184 e. The highest BCUT2D eigenvalue weighted by atomic mass is 16.7. The number of rotatable bonds is 22. The predicted octanol–water partition coefficient (Wildman–Crippen LogP) is 9.19. The summed E-state index contributed by atoms with van der Waals surface area (Å²) >= 11 is 0. The molecule has 12 atom stereocenters. The standard InChI is InChI=1S/C51H76O12/c1-12-13-46-34(5)47(63-51(8,9)62-46)30-44-29-43(58-49(59-44)36-17-22-40(56-11)23-18-36)28-42(57-31-35-15-20-39(55-10)21-16-35)25-37(52)24-38(53)26-45-27-41(60-50(6,7)61-45)19-14-33(4)48(54)32(2)3/h12,14-23,32-34,37,41-49,52,54H,1,13,24-31H2,2-11H3/b19-14+/t33-,34-,37+,41-,42-,43+,44+,45+,46-,47+,48-,49+/m0/s1. The average Bonchev–Trinajstić information content (AvgIpc) is 3.22. The van der Waals surface area contributed by atoms with Crippen LogP contribution in [-0.4, -0.2) is 96.7 Å². The molecule has 3 heterocycles. The second-order valence-electron chi connectivity index (χ2n) is 19.1. The molecule has 3 fully saturated rings. The van der Waals surface area contributed by atoms with Crippen molar-refractivity contribution in [1.29, 1.82) is 0 Å². The second kappa shape index (κ2) is 23.3. The maximum atomic E-state index is 13.6. The Bertz CT molecular complexity index is 1720. The molecule has 0 aliphatic carbocycles. The highest BCUT2D eigenvalue weighted by Crippen LogP contribution is 2.40. The Morgan fingerprint density at radius 2 is 1.46 bits per heavy atom. The minimum Gasteiger partial charge on any atom is -0.497 e. The number of Topliss-reactive ketones (excluding diaryl/α,β-unsaturated/α-hetero) is 1. The van der Waals surface area contributed by atoms with Crippen molar-refractivity contribution in [3.8, 4) is 11.5 Å². The number of ketones is 1. The third-order valence-corrected chi connectivity index (χ3v) is 12.3. The van der Waals surface area contributed by atoms with Gasteiger partial charge in [-0.1, -0.05) is 70.2 Å². The van der Waals surface area contributed by atoms with Crippen LogP contribution in [-0.2, 0) is 44.6 Å². The van der Waals surface area contributed by atoms with E-state index in [2.05, 4.69) is 13.5 Å². The zero-order valence-electron chi connectivity index (χ0n) is 39.4. The maximum Gasteiger partial charge on any atom is 0.184 e. The van der Waals surface area contributed by atoms with Gasteiger partial charge in [-0.2, -0.15) is 0 Å². The molecule has 2 aromatic rings. The number of methoxy groups -OCH3 is 2. The number of carbonyl (C=O) groups excluding carboxylic acids is 1. The van der Waals surface area contributed by atoms with Gasteiger partial charge in [0.25, 0.3) is 0 Å². The van der Waals surface area contributed by atoms with Crippen LogP contribution in [0.1, 0.15) is 124 Å². The van der Waals surface area contributed by atoms with Crippen molar-refractivity contribution in [3.05, 3.63) is 84.5 Å². The van der Waals surface area contributed by atoms with E-state index in [1.54, 1.807) is 14.2 Å². The van der Waals surface area contributed by atoms with Crippen molar-refractivity contribution >= 4 is 5.78 Å². The largest absolute Gasteiger partial charge is 0.497 e. The molecule has 63 heavy (non-hydrogen) atoms. The van der Waals surface area contributed by atoms with Crippen LogP contribution in [0.4, 0.5) is 0 Å². The Morgan fingerprint density at radius 3 is 2.10 bits per heavy atom. The molecule has 352 valence electrons. The fourth-order valence-electron chi connectivity index (χ4n) is 9.03. The third kappa shape index (κ3) is 15.8. The van der Waals surface area contributed by atoms with Crippen molar-refractivity contribution in [3.63, 3.8) is 0 Å². The lowest BCUT2D eigenvalue weighted by atomic mass is 9.88. The first-order valence-corrected chi connectivity index (χ1v) is 22.9. The molecule has 0 radical (unpaired) electrons. The van der Waals surface area contributed by atoms with Crippen LogP contribution in [0.15, 0.2) is 73.3 Å². The van der Waals surface area contributed by atoms with Crippen LogP contribution in [0.3, 0.4) is 0 Å². The van der Waals surface area contributed by atoms with Crippen LogP contribution < -0.4 is 9.47 Å². The first kappa shape index (κ1) is 50.8. The first-order valence-electron chi connectivity index (χ1n) is 22.9. The first-order chi connectivity index (χ1) is 29.8. The highest BCUT2D eigenvalue weighted by Gasteiger charge is 2.43.